The number of esters is 1. The molecule has 166 valence electrons. The monoisotopic (exact) mass is 466 g/mol. The first-order valence-electron chi connectivity index (χ1n) is 9.72. The van der Waals surface area contributed by atoms with Gasteiger partial charge < -0.3 is 14.8 Å². The number of morpholine rings is 1. The lowest BCUT2D eigenvalue weighted by Crippen LogP contribution is -2.40. The summed E-state index contributed by atoms with van der Waals surface area (Å²) in [5.74, 6) is -1.22. The molecular weight excluding hydrogens is 444 g/mol. The number of benzene rings is 2. The fourth-order valence-corrected chi connectivity index (χ4v) is 4.56. The molecule has 1 saturated heterocycles. The van der Waals surface area contributed by atoms with E-state index in [-0.39, 0.29) is 23.5 Å². The Bertz CT molecular complexity index is 1020. The van der Waals surface area contributed by atoms with Crippen LogP contribution < -0.4 is 5.32 Å². The zero-order valence-electron chi connectivity index (χ0n) is 16.8. The molecule has 8 nitrogen and oxygen atoms in total. The number of nitrogens with one attached hydrogen (secondary N) is 1. The first-order chi connectivity index (χ1) is 14.9. The van der Waals surface area contributed by atoms with Gasteiger partial charge >= 0.3 is 5.97 Å². The van der Waals surface area contributed by atoms with E-state index < -0.39 is 28.5 Å². The van der Waals surface area contributed by atoms with E-state index in [1.54, 1.807) is 12.1 Å². The molecule has 1 amide bonds. The second-order valence-electron chi connectivity index (χ2n) is 6.85. The lowest BCUT2D eigenvalue weighted by Gasteiger charge is -2.26. The zero-order valence-corrected chi connectivity index (χ0v) is 18.3. The SMILES string of the molecule is O=C(COC(=O)c1cccc(S(=O)(=O)N2CCOCC2)c1)NCCc1ccc(Cl)cc1. The van der Waals surface area contributed by atoms with Crippen molar-refractivity contribution in [3.63, 3.8) is 0 Å². The minimum Gasteiger partial charge on any atom is -0.452 e. The summed E-state index contributed by atoms with van der Waals surface area (Å²) in [5.41, 5.74) is 1.07. The normalized spacial score (nSPS) is 14.7. The van der Waals surface area contributed by atoms with Crippen molar-refractivity contribution in [2.45, 2.75) is 11.3 Å². The molecule has 0 saturated carbocycles. The molecule has 1 N–H and O–H groups in total. The Morgan fingerprint density at radius 1 is 1.10 bits per heavy atom. The predicted molar refractivity (Wildman–Crippen MR) is 114 cm³/mol. The average Bonchev–Trinajstić information content (AvgIpc) is 2.79. The number of carbonyl (C=O) groups excluding carboxylic acids is 2. The molecule has 10 heteroatoms. The highest BCUT2D eigenvalue weighted by atomic mass is 35.5. The first-order valence-corrected chi connectivity index (χ1v) is 11.5. The van der Waals surface area contributed by atoms with Gasteiger partial charge in [0.15, 0.2) is 6.61 Å². The van der Waals surface area contributed by atoms with Crippen LogP contribution in [0.4, 0.5) is 0 Å². The van der Waals surface area contributed by atoms with Gasteiger partial charge in [0.05, 0.1) is 23.7 Å². The minimum atomic E-state index is -3.73. The van der Waals surface area contributed by atoms with Gasteiger partial charge in [-0.25, -0.2) is 13.2 Å². The van der Waals surface area contributed by atoms with Crippen LogP contribution >= 0.6 is 11.6 Å². The highest BCUT2D eigenvalue weighted by Gasteiger charge is 2.27. The van der Waals surface area contributed by atoms with Gasteiger partial charge in [-0.05, 0) is 42.3 Å². The van der Waals surface area contributed by atoms with Crippen molar-refractivity contribution < 1.29 is 27.5 Å². The molecule has 0 radical (unpaired) electrons. The largest absolute Gasteiger partial charge is 0.452 e. The molecule has 0 atom stereocenters. The van der Waals surface area contributed by atoms with E-state index >= 15 is 0 Å². The third kappa shape index (κ3) is 6.51. The standard InChI is InChI=1S/C21H23ClN2O6S/c22-18-6-4-16(5-7-18)8-9-23-20(25)15-30-21(26)17-2-1-3-19(14-17)31(27,28)24-10-12-29-13-11-24/h1-7,14H,8-13,15H2,(H,23,25). The molecule has 3 rings (SSSR count). The van der Waals surface area contributed by atoms with Crippen LogP contribution in [-0.4, -0.2) is 64.1 Å². The average molecular weight is 467 g/mol. The van der Waals surface area contributed by atoms with E-state index in [4.69, 9.17) is 21.1 Å². The summed E-state index contributed by atoms with van der Waals surface area (Å²) in [7, 11) is -3.73. The van der Waals surface area contributed by atoms with Crippen molar-refractivity contribution in [1.29, 1.82) is 0 Å². The van der Waals surface area contributed by atoms with Crippen molar-refractivity contribution in [2.75, 3.05) is 39.5 Å². The Morgan fingerprint density at radius 3 is 2.52 bits per heavy atom. The number of ether oxygens (including phenoxy) is 2. The number of amides is 1. The topological polar surface area (TPSA) is 102 Å². The second-order valence-corrected chi connectivity index (χ2v) is 9.22. The fraction of sp³-hybridized carbons (Fsp3) is 0.333. The molecule has 0 spiro atoms. The van der Waals surface area contributed by atoms with E-state index in [0.29, 0.717) is 31.2 Å². The van der Waals surface area contributed by atoms with Gasteiger partial charge in [0.25, 0.3) is 5.91 Å². The van der Waals surface area contributed by atoms with E-state index in [1.165, 1.54) is 28.6 Å². The summed E-state index contributed by atoms with van der Waals surface area (Å²) in [6.07, 6.45) is 0.609. The molecule has 0 aliphatic carbocycles. The summed E-state index contributed by atoms with van der Waals surface area (Å²) in [5, 5.41) is 3.31. The van der Waals surface area contributed by atoms with Crippen LogP contribution in [0.1, 0.15) is 15.9 Å². The first kappa shape index (κ1) is 23.2. The molecule has 1 aliphatic heterocycles. The fourth-order valence-electron chi connectivity index (χ4n) is 2.98. The molecule has 0 aromatic heterocycles. The zero-order chi connectivity index (χ0) is 22.3. The summed E-state index contributed by atoms with van der Waals surface area (Å²) in [6.45, 7) is 1.09. The van der Waals surface area contributed by atoms with Gasteiger partial charge in [0, 0.05) is 24.7 Å². The van der Waals surface area contributed by atoms with Crippen molar-refractivity contribution in [3.8, 4) is 0 Å². The van der Waals surface area contributed by atoms with Crippen molar-refractivity contribution in [2.24, 2.45) is 0 Å². The lowest BCUT2D eigenvalue weighted by molar-refractivity contribution is -0.124. The van der Waals surface area contributed by atoms with Crippen molar-refractivity contribution >= 4 is 33.5 Å². The number of carbonyl (C=O) groups is 2. The summed E-state index contributed by atoms with van der Waals surface area (Å²) in [6, 6.07) is 12.9. The molecule has 1 heterocycles. The van der Waals surface area contributed by atoms with Crippen LogP contribution in [0.15, 0.2) is 53.4 Å². The van der Waals surface area contributed by atoms with Crippen LogP contribution in [0.2, 0.25) is 5.02 Å². The van der Waals surface area contributed by atoms with Crippen LogP contribution in [0.3, 0.4) is 0 Å². The molecular formula is C21H23ClN2O6S. The number of sulfonamides is 1. The van der Waals surface area contributed by atoms with Gasteiger partial charge in [-0.15, -0.1) is 0 Å². The predicted octanol–water partition coefficient (Wildman–Crippen LogP) is 1.88. The Morgan fingerprint density at radius 2 is 1.81 bits per heavy atom. The Hall–Kier alpha value is -2.46. The number of halogens is 1. The smallest absolute Gasteiger partial charge is 0.338 e. The van der Waals surface area contributed by atoms with Crippen LogP contribution in [0.25, 0.3) is 0 Å². The van der Waals surface area contributed by atoms with Crippen LogP contribution in [-0.2, 0) is 30.7 Å². The highest BCUT2D eigenvalue weighted by Crippen LogP contribution is 2.19. The Kier molecular flexibility index (Phi) is 8.03. The summed E-state index contributed by atoms with van der Waals surface area (Å²) < 4.78 is 37.0. The van der Waals surface area contributed by atoms with Gasteiger partial charge in [-0.1, -0.05) is 29.8 Å². The van der Waals surface area contributed by atoms with Gasteiger partial charge in [0.2, 0.25) is 10.0 Å². The van der Waals surface area contributed by atoms with Crippen molar-refractivity contribution in [1.82, 2.24) is 9.62 Å². The molecule has 0 unspecified atom stereocenters. The van der Waals surface area contributed by atoms with E-state index in [2.05, 4.69) is 5.32 Å². The maximum Gasteiger partial charge on any atom is 0.338 e. The lowest BCUT2D eigenvalue weighted by atomic mass is 10.1. The number of hydrogen-bond donors (Lipinski definition) is 1. The molecule has 2 aromatic rings. The molecule has 0 bridgehead atoms. The molecule has 1 aliphatic rings. The highest BCUT2D eigenvalue weighted by molar-refractivity contribution is 7.89. The van der Waals surface area contributed by atoms with Gasteiger partial charge in [-0.2, -0.15) is 4.31 Å². The quantitative estimate of drug-likeness (QED) is 0.596. The second kappa shape index (κ2) is 10.7. The number of hydrogen-bond acceptors (Lipinski definition) is 6. The maximum atomic E-state index is 12.7. The number of nitrogens with zero attached hydrogens (tertiary/aromatic N) is 1. The van der Waals surface area contributed by atoms with Crippen LogP contribution in [0, 0.1) is 0 Å². The van der Waals surface area contributed by atoms with E-state index in [0.717, 1.165) is 5.56 Å². The Balaban J connectivity index is 1.50. The maximum absolute atomic E-state index is 12.7. The van der Waals surface area contributed by atoms with Gasteiger partial charge in [0.1, 0.15) is 0 Å². The number of rotatable bonds is 8. The Labute approximate surface area is 186 Å². The van der Waals surface area contributed by atoms with Gasteiger partial charge in [-0.3, -0.25) is 4.79 Å². The third-order valence-electron chi connectivity index (χ3n) is 4.66. The summed E-state index contributed by atoms with van der Waals surface area (Å²) >= 11 is 5.83. The van der Waals surface area contributed by atoms with Crippen molar-refractivity contribution in [3.05, 3.63) is 64.7 Å². The summed E-state index contributed by atoms with van der Waals surface area (Å²) in [4.78, 5) is 24.2. The molecule has 31 heavy (non-hydrogen) atoms. The van der Waals surface area contributed by atoms with E-state index in [1.807, 2.05) is 12.1 Å². The third-order valence-corrected chi connectivity index (χ3v) is 6.81. The molecule has 2 aromatic carbocycles. The minimum absolute atomic E-state index is 0.00346. The van der Waals surface area contributed by atoms with Crippen LogP contribution in [0.5, 0.6) is 0 Å². The van der Waals surface area contributed by atoms with E-state index in [9.17, 15) is 18.0 Å². The molecule has 1 fully saturated rings.